The number of carbonyl (C=O) groups excluding carboxylic acids is 2. The van der Waals surface area contributed by atoms with Crippen LogP contribution < -0.4 is 5.32 Å². The van der Waals surface area contributed by atoms with E-state index in [9.17, 15) is 9.59 Å². The van der Waals surface area contributed by atoms with Crippen molar-refractivity contribution in [1.29, 1.82) is 0 Å². The summed E-state index contributed by atoms with van der Waals surface area (Å²) in [5, 5.41) is 4.27. The van der Waals surface area contributed by atoms with Crippen molar-refractivity contribution in [2.45, 2.75) is 38.9 Å². The van der Waals surface area contributed by atoms with E-state index in [0.717, 1.165) is 16.7 Å². The van der Waals surface area contributed by atoms with Gasteiger partial charge in [-0.1, -0.05) is 84.7 Å². The second kappa shape index (κ2) is 11.7. The molecule has 1 N–H and O–H groups in total. The molecular weight excluding hydrogens is 443 g/mol. The van der Waals surface area contributed by atoms with Gasteiger partial charge in [0, 0.05) is 36.0 Å². The lowest BCUT2D eigenvalue weighted by atomic mass is 10.0. The molecule has 3 rings (SSSR count). The SMILES string of the molecule is CCC(=O)N(Cc1ccc(Cl)cc1)[C@H](Cc1ccccc1)C(=O)NCc1ccc(Cl)cc1. The second-order valence-electron chi connectivity index (χ2n) is 7.55. The van der Waals surface area contributed by atoms with Crippen LogP contribution in [0.1, 0.15) is 30.0 Å². The van der Waals surface area contributed by atoms with Crippen molar-refractivity contribution >= 4 is 35.0 Å². The van der Waals surface area contributed by atoms with Crippen LogP contribution in [0.2, 0.25) is 10.0 Å². The van der Waals surface area contributed by atoms with Crippen LogP contribution in [0.4, 0.5) is 0 Å². The summed E-state index contributed by atoms with van der Waals surface area (Å²) in [5.41, 5.74) is 2.84. The fourth-order valence-corrected chi connectivity index (χ4v) is 3.70. The molecule has 0 radical (unpaired) electrons. The summed E-state index contributed by atoms with van der Waals surface area (Å²) < 4.78 is 0. The van der Waals surface area contributed by atoms with Gasteiger partial charge in [-0.3, -0.25) is 9.59 Å². The molecule has 1 atom stereocenters. The van der Waals surface area contributed by atoms with Gasteiger partial charge < -0.3 is 10.2 Å². The van der Waals surface area contributed by atoms with Crippen LogP contribution in [-0.4, -0.2) is 22.8 Å². The van der Waals surface area contributed by atoms with Crippen molar-refractivity contribution in [3.63, 3.8) is 0 Å². The predicted molar refractivity (Wildman–Crippen MR) is 130 cm³/mol. The lowest BCUT2D eigenvalue weighted by Gasteiger charge is -2.31. The Morgan fingerprint density at radius 2 is 1.38 bits per heavy atom. The van der Waals surface area contributed by atoms with Gasteiger partial charge in [0.25, 0.3) is 0 Å². The van der Waals surface area contributed by atoms with Crippen LogP contribution in [0.3, 0.4) is 0 Å². The maximum Gasteiger partial charge on any atom is 0.243 e. The minimum absolute atomic E-state index is 0.0810. The summed E-state index contributed by atoms with van der Waals surface area (Å²) in [4.78, 5) is 27.9. The number of amides is 2. The van der Waals surface area contributed by atoms with Crippen LogP contribution in [-0.2, 0) is 29.1 Å². The minimum atomic E-state index is -0.646. The van der Waals surface area contributed by atoms with Crippen LogP contribution in [0.25, 0.3) is 0 Å². The van der Waals surface area contributed by atoms with E-state index < -0.39 is 6.04 Å². The zero-order valence-electron chi connectivity index (χ0n) is 17.9. The number of benzene rings is 3. The van der Waals surface area contributed by atoms with Crippen LogP contribution in [0.5, 0.6) is 0 Å². The number of halogens is 2. The smallest absolute Gasteiger partial charge is 0.243 e. The van der Waals surface area contributed by atoms with Crippen molar-refractivity contribution in [3.05, 3.63) is 106 Å². The molecule has 3 aromatic carbocycles. The summed E-state index contributed by atoms with van der Waals surface area (Å²) in [6.45, 7) is 2.49. The Balaban J connectivity index is 1.84. The molecule has 166 valence electrons. The zero-order chi connectivity index (χ0) is 22.9. The molecule has 0 aliphatic rings. The Hall–Kier alpha value is -2.82. The lowest BCUT2D eigenvalue weighted by Crippen LogP contribution is -2.50. The first-order valence-electron chi connectivity index (χ1n) is 10.6. The number of nitrogens with zero attached hydrogens (tertiary/aromatic N) is 1. The van der Waals surface area contributed by atoms with E-state index in [0.29, 0.717) is 36.0 Å². The van der Waals surface area contributed by atoms with E-state index in [-0.39, 0.29) is 11.8 Å². The van der Waals surface area contributed by atoms with Crippen molar-refractivity contribution in [2.24, 2.45) is 0 Å². The Bertz CT molecular complexity index is 1020. The summed E-state index contributed by atoms with van der Waals surface area (Å²) in [6, 6.07) is 23.8. The largest absolute Gasteiger partial charge is 0.350 e. The molecule has 0 aromatic heterocycles. The van der Waals surface area contributed by atoms with E-state index in [1.165, 1.54) is 0 Å². The van der Waals surface area contributed by atoms with Crippen molar-refractivity contribution in [2.75, 3.05) is 0 Å². The van der Waals surface area contributed by atoms with Gasteiger partial charge >= 0.3 is 0 Å². The highest BCUT2D eigenvalue weighted by atomic mass is 35.5. The molecule has 3 aromatic rings. The third kappa shape index (κ3) is 6.84. The molecular formula is C26H26Cl2N2O2. The molecule has 4 nitrogen and oxygen atoms in total. The number of hydrogen-bond donors (Lipinski definition) is 1. The Kier molecular flexibility index (Phi) is 8.72. The van der Waals surface area contributed by atoms with Gasteiger partial charge in [-0.15, -0.1) is 0 Å². The van der Waals surface area contributed by atoms with E-state index in [1.54, 1.807) is 29.2 Å². The van der Waals surface area contributed by atoms with E-state index >= 15 is 0 Å². The van der Waals surface area contributed by atoms with Gasteiger partial charge in [0.15, 0.2) is 0 Å². The number of nitrogens with one attached hydrogen (secondary N) is 1. The maximum atomic E-state index is 13.3. The normalized spacial score (nSPS) is 11.6. The van der Waals surface area contributed by atoms with Crippen molar-refractivity contribution < 1.29 is 9.59 Å². The quantitative estimate of drug-likeness (QED) is 0.440. The van der Waals surface area contributed by atoms with Crippen molar-refractivity contribution in [1.82, 2.24) is 10.2 Å². The Morgan fingerprint density at radius 3 is 1.94 bits per heavy atom. The second-order valence-corrected chi connectivity index (χ2v) is 8.42. The monoisotopic (exact) mass is 468 g/mol. The molecule has 0 aliphatic heterocycles. The van der Waals surface area contributed by atoms with E-state index in [2.05, 4.69) is 5.32 Å². The third-order valence-corrected chi connectivity index (χ3v) is 5.72. The van der Waals surface area contributed by atoms with Gasteiger partial charge in [-0.2, -0.15) is 0 Å². The third-order valence-electron chi connectivity index (χ3n) is 5.22. The minimum Gasteiger partial charge on any atom is -0.350 e. The lowest BCUT2D eigenvalue weighted by molar-refractivity contribution is -0.141. The zero-order valence-corrected chi connectivity index (χ0v) is 19.4. The first-order valence-corrected chi connectivity index (χ1v) is 11.3. The maximum absolute atomic E-state index is 13.3. The molecule has 0 fully saturated rings. The highest BCUT2D eigenvalue weighted by Crippen LogP contribution is 2.18. The van der Waals surface area contributed by atoms with Crippen LogP contribution in [0.15, 0.2) is 78.9 Å². The molecule has 0 unspecified atom stereocenters. The Morgan fingerprint density at radius 1 is 0.812 bits per heavy atom. The van der Waals surface area contributed by atoms with E-state index in [4.69, 9.17) is 23.2 Å². The highest BCUT2D eigenvalue weighted by Gasteiger charge is 2.29. The van der Waals surface area contributed by atoms with Gasteiger partial charge in [0.05, 0.1) is 0 Å². The Labute approximate surface area is 199 Å². The molecule has 0 saturated carbocycles. The molecule has 6 heteroatoms. The molecule has 0 spiro atoms. The van der Waals surface area contributed by atoms with Gasteiger partial charge in [0.2, 0.25) is 11.8 Å². The fourth-order valence-electron chi connectivity index (χ4n) is 3.45. The first-order chi connectivity index (χ1) is 15.5. The highest BCUT2D eigenvalue weighted by molar-refractivity contribution is 6.30. The van der Waals surface area contributed by atoms with Gasteiger partial charge in [-0.05, 0) is 41.0 Å². The molecule has 32 heavy (non-hydrogen) atoms. The standard InChI is InChI=1S/C26H26Cl2N2O2/c1-2-25(31)30(18-21-10-14-23(28)15-11-21)24(16-19-6-4-3-5-7-19)26(32)29-17-20-8-12-22(27)13-9-20/h3-15,24H,2,16-18H2,1H3,(H,29,32)/t24-/m1/s1. The molecule has 0 bridgehead atoms. The fraction of sp³-hybridized carbons (Fsp3) is 0.231. The number of hydrogen-bond acceptors (Lipinski definition) is 2. The first kappa shape index (κ1) is 23.8. The summed E-state index contributed by atoms with van der Waals surface area (Å²) in [5.74, 6) is -0.276. The average Bonchev–Trinajstić information content (AvgIpc) is 2.82. The predicted octanol–water partition coefficient (Wildman–Crippen LogP) is 5.66. The average molecular weight is 469 g/mol. The van der Waals surface area contributed by atoms with Crippen LogP contribution >= 0.6 is 23.2 Å². The molecule has 0 heterocycles. The molecule has 0 saturated heterocycles. The van der Waals surface area contributed by atoms with Crippen molar-refractivity contribution in [3.8, 4) is 0 Å². The molecule has 0 aliphatic carbocycles. The topological polar surface area (TPSA) is 49.4 Å². The molecule has 2 amide bonds. The van der Waals surface area contributed by atoms with E-state index in [1.807, 2.05) is 61.5 Å². The summed E-state index contributed by atoms with van der Waals surface area (Å²) >= 11 is 12.0. The summed E-state index contributed by atoms with van der Waals surface area (Å²) in [6.07, 6.45) is 0.732. The van der Waals surface area contributed by atoms with Crippen LogP contribution in [0, 0.1) is 0 Å². The number of carbonyl (C=O) groups is 2. The number of rotatable bonds is 9. The summed E-state index contributed by atoms with van der Waals surface area (Å²) in [7, 11) is 0. The van der Waals surface area contributed by atoms with Gasteiger partial charge in [0.1, 0.15) is 6.04 Å². The van der Waals surface area contributed by atoms with Gasteiger partial charge in [-0.25, -0.2) is 0 Å².